The van der Waals surface area contributed by atoms with Crippen molar-refractivity contribution in [3.63, 3.8) is 0 Å². The number of benzene rings is 1. The van der Waals surface area contributed by atoms with E-state index in [1.165, 1.54) is 5.69 Å². The first-order valence-corrected chi connectivity index (χ1v) is 7.10. The summed E-state index contributed by atoms with van der Waals surface area (Å²) in [6.45, 7) is 6.22. The van der Waals surface area contributed by atoms with E-state index in [2.05, 4.69) is 49.6 Å². The van der Waals surface area contributed by atoms with E-state index in [1.807, 2.05) is 18.2 Å². The maximum atomic E-state index is 8.77. The normalized spacial score (nSPS) is 12.2. The van der Waals surface area contributed by atoms with E-state index < -0.39 is 0 Å². The van der Waals surface area contributed by atoms with Crippen molar-refractivity contribution < 1.29 is 0 Å². The molecule has 1 rings (SSSR count). The Morgan fingerprint density at radius 1 is 1.28 bits per heavy atom. The van der Waals surface area contributed by atoms with Crippen molar-refractivity contribution in [3.8, 4) is 6.07 Å². The molecule has 1 aromatic carbocycles. The van der Waals surface area contributed by atoms with Crippen molar-refractivity contribution in [2.75, 3.05) is 23.7 Å². The summed E-state index contributed by atoms with van der Waals surface area (Å²) in [4.78, 5) is 2.30. The van der Waals surface area contributed by atoms with Crippen molar-refractivity contribution in [3.05, 3.63) is 30.3 Å². The van der Waals surface area contributed by atoms with Crippen molar-refractivity contribution in [1.29, 1.82) is 5.26 Å². The summed E-state index contributed by atoms with van der Waals surface area (Å²) in [5.41, 5.74) is 1.19. The number of hydrogen-bond donors (Lipinski definition) is 1. The average Bonchev–Trinajstić information content (AvgIpc) is 2.39. The third-order valence-corrected chi connectivity index (χ3v) is 3.72. The molecule has 0 aliphatic rings. The third-order valence-electron chi connectivity index (χ3n) is 3.25. The highest BCUT2D eigenvalue weighted by atomic mass is 32.1. The van der Waals surface area contributed by atoms with Gasteiger partial charge in [0.25, 0.3) is 0 Å². The Labute approximate surface area is 116 Å². The Balaban J connectivity index is 2.76. The van der Waals surface area contributed by atoms with E-state index in [0.717, 1.165) is 18.8 Å². The molecule has 3 heteroatoms. The zero-order valence-electron chi connectivity index (χ0n) is 11.2. The van der Waals surface area contributed by atoms with Crippen molar-refractivity contribution in [1.82, 2.24) is 0 Å². The molecule has 0 radical (unpaired) electrons. The molecule has 0 fully saturated rings. The minimum absolute atomic E-state index is 0.548. The van der Waals surface area contributed by atoms with Gasteiger partial charge < -0.3 is 4.90 Å². The Morgan fingerprint density at radius 3 is 2.44 bits per heavy atom. The lowest BCUT2D eigenvalue weighted by molar-refractivity contribution is 0.424. The second kappa shape index (κ2) is 8.05. The van der Waals surface area contributed by atoms with Gasteiger partial charge in [-0.25, -0.2) is 0 Å². The predicted octanol–water partition coefficient (Wildman–Crippen LogP) is 3.61. The van der Waals surface area contributed by atoms with Crippen LogP contribution in [0.5, 0.6) is 0 Å². The fourth-order valence-electron chi connectivity index (χ4n) is 1.91. The van der Waals surface area contributed by atoms with E-state index in [9.17, 15) is 0 Å². The molecule has 0 spiro atoms. The number of hydrogen-bond acceptors (Lipinski definition) is 3. The first-order chi connectivity index (χ1) is 8.69. The van der Waals surface area contributed by atoms with Crippen LogP contribution >= 0.6 is 12.6 Å². The number of nitriles is 1. The highest BCUT2D eigenvalue weighted by molar-refractivity contribution is 7.80. The molecule has 0 aliphatic heterocycles. The molecule has 0 bridgehead atoms. The summed E-state index contributed by atoms with van der Waals surface area (Å²) in [7, 11) is 0. The second-order valence-corrected chi connectivity index (χ2v) is 5.24. The largest absolute Gasteiger partial charge is 0.370 e. The molecule has 2 nitrogen and oxygen atoms in total. The molecule has 0 saturated heterocycles. The molecule has 98 valence electrons. The Morgan fingerprint density at radius 2 is 1.94 bits per heavy atom. The van der Waals surface area contributed by atoms with Gasteiger partial charge in [0, 0.05) is 18.8 Å². The van der Waals surface area contributed by atoms with E-state index in [1.54, 1.807) is 0 Å². The Bertz CT molecular complexity index is 370. The second-order valence-electron chi connectivity index (χ2n) is 4.88. The summed E-state index contributed by atoms with van der Waals surface area (Å²) >= 11 is 4.44. The first kappa shape index (κ1) is 14.9. The van der Waals surface area contributed by atoms with E-state index in [-0.39, 0.29) is 0 Å². The molecule has 1 unspecified atom stereocenters. The maximum absolute atomic E-state index is 8.77. The lowest BCUT2D eigenvalue weighted by atomic mass is 9.97. The van der Waals surface area contributed by atoms with Gasteiger partial charge in [0.1, 0.15) is 0 Å². The van der Waals surface area contributed by atoms with Crippen molar-refractivity contribution >= 4 is 18.3 Å². The molecule has 0 heterocycles. The highest BCUT2D eigenvalue weighted by Gasteiger charge is 2.16. The van der Waals surface area contributed by atoms with Crippen molar-refractivity contribution in [2.45, 2.75) is 20.3 Å². The first-order valence-electron chi connectivity index (χ1n) is 6.46. The molecule has 0 N–H and O–H groups in total. The summed E-state index contributed by atoms with van der Waals surface area (Å²) < 4.78 is 0. The van der Waals surface area contributed by atoms with Crippen LogP contribution in [0.1, 0.15) is 20.3 Å². The molecular weight excluding hydrogens is 240 g/mol. The Kier molecular flexibility index (Phi) is 6.67. The van der Waals surface area contributed by atoms with Crippen LogP contribution in [-0.4, -0.2) is 18.8 Å². The third kappa shape index (κ3) is 4.62. The van der Waals surface area contributed by atoms with E-state index >= 15 is 0 Å². The van der Waals surface area contributed by atoms with Crippen LogP contribution in [0.25, 0.3) is 0 Å². The summed E-state index contributed by atoms with van der Waals surface area (Å²) in [6, 6.07) is 12.5. The fraction of sp³-hybridized carbons (Fsp3) is 0.533. The average molecular weight is 262 g/mol. The SMILES string of the molecule is CC(C)C(CS)CN(CCC#N)c1ccccc1. The van der Waals surface area contributed by atoms with Gasteiger partial charge in [-0.1, -0.05) is 32.0 Å². The summed E-state index contributed by atoms with van der Waals surface area (Å²) in [6.07, 6.45) is 0.562. The molecular formula is C15H22N2S. The lowest BCUT2D eigenvalue weighted by Gasteiger charge is -2.30. The highest BCUT2D eigenvalue weighted by Crippen LogP contribution is 2.20. The minimum Gasteiger partial charge on any atom is -0.370 e. The quantitative estimate of drug-likeness (QED) is 0.760. The van der Waals surface area contributed by atoms with Crippen LogP contribution in [0.15, 0.2) is 30.3 Å². The van der Waals surface area contributed by atoms with Gasteiger partial charge in [0.2, 0.25) is 0 Å². The van der Waals surface area contributed by atoms with Gasteiger partial charge in [-0.15, -0.1) is 0 Å². The maximum Gasteiger partial charge on any atom is 0.0640 e. The van der Waals surface area contributed by atoms with E-state index in [0.29, 0.717) is 18.3 Å². The number of anilines is 1. The zero-order valence-corrected chi connectivity index (χ0v) is 12.1. The molecule has 0 saturated carbocycles. The number of thiol groups is 1. The number of nitrogens with zero attached hydrogens (tertiary/aromatic N) is 2. The van der Waals surface area contributed by atoms with Crippen LogP contribution in [0.2, 0.25) is 0 Å². The zero-order chi connectivity index (χ0) is 13.4. The molecule has 1 atom stereocenters. The molecule has 18 heavy (non-hydrogen) atoms. The number of rotatable bonds is 7. The van der Waals surface area contributed by atoms with Gasteiger partial charge in [0.05, 0.1) is 12.5 Å². The molecule has 1 aromatic rings. The van der Waals surface area contributed by atoms with Crippen LogP contribution in [0.4, 0.5) is 5.69 Å². The van der Waals surface area contributed by atoms with Gasteiger partial charge >= 0.3 is 0 Å². The topological polar surface area (TPSA) is 27.0 Å². The van der Waals surface area contributed by atoms with Gasteiger partial charge in [-0.2, -0.15) is 17.9 Å². The molecule has 0 aliphatic carbocycles. The fourth-order valence-corrected chi connectivity index (χ4v) is 2.45. The minimum atomic E-state index is 0.548. The lowest BCUT2D eigenvalue weighted by Crippen LogP contribution is -2.33. The Hall–Kier alpha value is -1.14. The van der Waals surface area contributed by atoms with Crippen LogP contribution in [0.3, 0.4) is 0 Å². The molecule has 0 aromatic heterocycles. The van der Waals surface area contributed by atoms with Gasteiger partial charge in [0.15, 0.2) is 0 Å². The molecule has 0 amide bonds. The summed E-state index contributed by atoms with van der Waals surface area (Å²) in [5.74, 6) is 2.04. The van der Waals surface area contributed by atoms with Gasteiger partial charge in [-0.3, -0.25) is 0 Å². The van der Waals surface area contributed by atoms with Crippen molar-refractivity contribution in [2.24, 2.45) is 11.8 Å². The van der Waals surface area contributed by atoms with Gasteiger partial charge in [-0.05, 0) is 29.7 Å². The summed E-state index contributed by atoms with van der Waals surface area (Å²) in [5, 5.41) is 8.77. The van der Waals surface area contributed by atoms with Crippen LogP contribution < -0.4 is 4.90 Å². The number of para-hydroxylation sites is 1. The van der Waals surface area contributed by atoms with E-state index in [4.69, 9.17) is 5.26 Å². The smallest absolute Gasteiger partial charge is 0.0640 e. The van der Waals surface area contributed by atoms with Crippen LogP contribution in [-0.2, 0) is 0 Å². The standard InChI is InChI=1S/C15H22N2S/c1-13(2)14(12-18)11-17(10-6-9-16)15-7-4-3-5-8-15/h3-5,7-8,13-14,18H,6,10-12H2,1-2H3. The predicted molar refractivity (Wildman–Crippen MR) is 81.1 cm³/mol. The van der Waals surface area contributed by atoms with Crippen LogP contribution in [0, 0.1) is 23.2 Å². The monoisotopic (exact) mass is 262 g/mol.